The van der Waals surface area contributed by atoms with Crippen LogP contribution in [0.25, 0.3) is 0 Å². The van der Waals surface area contributed by atoms with Crippen molar-refractivity contribution in [1.82, 2.24) is 4.90 Å². The third-order valence-electron chi connectivity index (χ3n) is 4.86. The molecule has 4 nitrogen and oxygen atoms in total. The Morgan fingerprint density at radius 1 is 1.16 bits per heavy atom. The molecule has 132 valence electrons. The molecule has 1 aliphatic heterocycles. The molecule has 1 fully saturated rings. The van der Waals surface area contributed by atoms with Gasteiger partial charge in [-0.05, 0) is 49.7 Å². The third kappa shape index (κ3) is 4.05. The Morgan fingerprint density at radius 2 is 1.80 bits per heavy atom. The summed E-state index contributed by atoms with van der Waals surface area (Å²) in [7, 11) is 1.69. The molecule has 1 aliphatic rings. The van der Waals surface area contributed by atoms with Gasteiger partial charge in [0, 0.05) is 10.0 Å². The Hall–Kier alpha value is -1.85. The van der Waals surface area contributed by atoms with Gasteiger partial charge < -0.3 is 9.84 Å². The molecule has 2 aromatic carbocycles. The van der Waals surface area contributed by atoms with E-state index >= 15 is 0 Å². The van der Waals surface area contributed by atoms with Crippen LogP contribution in [0.4, 0.5) is 0 Å². The summed E-state index contributed by atoms with van der Waals surface area (Å²) < 4.78 is 6.63. The van der Waals surface area contributed by atoms with Crippen LogP contribution in [0.3, 0.4) is 0 Å². The number of methoxy groups -OCH3 is 1. The highest BCUT2D eigenvalue weighted by Crippen LogP contribution is 2.37. The summed E-state index contributed by atoms with van der Waals surface area (Å²) in [6.07, 6.45) is 1.36. The standard InChI is InChI=1S/C20H22BrNO3/c1-25-18-5-3-2-4-17(18)19(14-6-8-16(21)9-7-14)22-12-10-15(11-13-22)20(23)24/h2-9,15,19H,10-13H2,1H3,(H,23,24). The fourth-order valence-corrected chi connectivity index (χ4v) is 3.79. The van der Waals surface area contributed by atoms with Crippen LogP contribution >= 0.6 is 15.9 Å². The highest BCUT2D eigenvalue weighted by atomic mass is 79.9. The Labute approximate surface area is 156 Å². The average molecular weight is 404 g/mol. The maximum absolute atomic E-state index is 11.3. The van der Waals surface area contributed by atoms with Crippen molar-refractivity contribution < 1.29 is 14.6 Å². The lowest BCUT2D eigenvalue weighted by atomic mass is 9.91. The number of hydrogen-bond donors (Lipinski definition) is 1. The number of ether oxygens (including phenoxy) is 1. The molecule has 1 N–H and O–H groups in total. The smallest absolute Gasteiger partial charge is 0.306 e. The van der Waals surface area contributed by atoms with Crippen molar-refractivity contribution in [1.29, 1.82) is 0 Å². The van der Waals surface area contributed by atoms with Crippen LogP contribution in [0.1, 0.15) is 30.0 Å². The van der Waals surface area contributed by atoms with Gasteiger partial charge >= 0.3 is 5.97 Å². The van der Waals surface area contributed by atoms with E-state index in [0.29, 0.717) is 12.8 Å². The number of piperidine rings is 1. The second-order valence-electron chi connectivity index (χ2n) is 6.34. The lowest BCUT2D eigenvalue weighted by molar-refractivity contribution is -0.143. The van der Waals surface area contributed by atoms with Crippen LogP contribution in [0.2, 0.25) is 0 Å². The second kappa shape index (κ2) is 8.02. The fraction of sp³-hybridized carbons (Fsp3) is 0.350. The third-order valence-corrected chi connectivity index (χ3v) is 5.39. The topological polar surface area (TPSA) is 49.8 Å². The summed E-state index contributed by atoms with van der Waals surface area (Å²) in [6.45, 7) is 1.52. The number of hydrogen-bond acceptors (Lipinski definition) is 3. The van der Waals surface area contributed by atoms with Gasteiger partial charge in [-0.3, -0.25) is 9.69 Å². The predicted molar refractivity (Wildman–Crippen MR) is 101 cm³/mol. The van der Waals surface area contributed by atoms with Gasteiger partial charge in [0.25, 0.3) is 0 Å². The molecule has 0 spiro atoms. The highest BCUT2D eigenvalue weighted by molar-refractivity contribution is 9.10. The van der Waals surface area contributed by atoms with E-state index in [4.69, 9.17) is 4.74 Å². The minimum atomic E-state index is -0.683. The van der Waals surface area contributed by atoms with E-state index in [0.717, 1.165) is 28.9 Å². The zero-order valence-corrected chi connectivity index (χ0v) is 15.8. The molecule has 1 heterocycles. The monoisotopic (exact) mass is 403 g/mol. The molecule has 0 amide bonds. The van der Waals surface area contributed by atoms with Crippen LogP contribution in [0, 0.1) is 5.92 Å². The van der Waals surface area contributed by atoms with Gasteiger partial charge in [-0.25, -0.2) is 0 Å². The van der Waals surface area contributed by atoms with E-state index in [1.165, 1.54) is 5.56 Å². The molecular formula is C20H22BrNO3. The molecule has 1 saturated heterocycles. The molecule has 0 bridgehead atoms. The molecule has 2 aromatic rings. The largest absolute Gasteiger partial charge is 0.496 e. The molecule has 5 heteroatoms. The first-order chi connectivity index (χ1) is 12.1. The van der Waals surface area contributed by atoms with Crippen LogP contribution in [-0.2, 0) is 4.79 Å². The number of benzene rings is 2. The summed E-state index contributed by atoms with van der Waals surface area (Å²) in [5.74, 6) is -0.0626. The molecule has 0 radical (unpaired) electrons. The summed E-state index contributed by atoms with van der Waals surface area (Å²) in [4.78, 5) is 13.6. The number of para-hydroxylation sites is 1. The first-order valence-electron chi connectivity index (χ1n) is 8.45. The first kappa shape index (κ1) is 18.0. The summed E-state index contributed by atoms with van der Waals surface area (Å²) in [5, 5.41) is 9.27. The number of aliphatic carboxylic acids is 1. The van der Waals surface area contributed by atoms with Crippen molar-refractivity contribution in [2.45, 2.75) is 18.9 Å². The quantitative estimate of drug-likeness (QED) is 0.806. The first-order valence-corrected chi connectivity index (χ1v) is 9.24. The van der Waals surface area contributed by atoms with Gasteiger partial charge in [-0.15, -0.1) is 0 Å². The zero-order valence-electron chi connectivity index (χ0n) is 14.2. The van der Waals surface area contributed by atoms with E-state index in [1.54, 1.807) is 7.11 Å². The fourth-order valence-electron chi connectivity index (χ4n) is 3.53. The molecule has 0 aliphatic carbocycles. The van der Waals surface area contributed by atoms with Crippen LogP contribution < -0.4 is 4.74 Å². The Bertz CT molecular complexity index is 724. The minimum Gasteiger partial charge on any atom is -0.496 e. The minimum absolute atomic E-state index is 0.0546. The van der Waals surface area contributed by atoms with Gasteiger partial charge in [-0.1, -0.05) is 46.3 Å². The van der Waals surface area contributed by atoms with Crippen molar-refractivity contribution in [2.24, 2.45) is 5.92 Å². The lowest BCUT2D eigenvalue weighted by Crippen LogP contribution is -2.39. The Balaban J connectivity index is 1.95. The molecular weight excluding hydrogens is 382 g/mol. The Kier molecular flexibility index (Phi) is 5.76. The van der Waals surface area contributed by atoms with Crippen molar-refractivity contribution >= 4 is 21.9 Å². The van der Waals surface area contributed by atoms with Crippen molar-refractivity contribution in [2.75, 3.05) is 20.2 Å². The van der Waals surface area contributed by atoms with E-state index in [9.17, 15) is 9.90 Å². The average Bonchev–Trinajstić information content (AvgIpc) is 2.64. The molecule has 0 aromatic heterocycles. The van der Waals surface area contributed by atoms with Gasteiger partial charge in [0.1, 0.15) is 5.75 Å². The van der Waals surface area contributed by atoms with Gasteiger partial charge in [-0.2, -0.15) is 0 Å². The van der Waals surface area contributed by atoms with E-state index in [1.807, 2.05) is 30.3 Å². The van der Waals surface area contributed by atoms with Gasteiger partial charge in [0.2, 0.25) is 0 Å². The lowest BCUT2D eigenvalue weighted by Gasteiger charge is -2.37. The number of carboxylic acid groups (broad SMARTS) is 1. The molecule has 1 atom stereocenters. The number of rotatable bonds is 5. The maximum Gasteiger partial charge on any atom is 0.306 e. The van der Waals surface area contributed by atoms with Crippen LogP contribution in [0.15, 0.2) is 53.0 Å². The van der Waals surface area contributed by atoms with Crippen LogP contribution in [0.5, 0.6) is 5.75 Å². The van der Waals surface area contributed by atoms with E-state index in [2.05, 4.69) is 39.0 Å². The molecule has 25 heavy (non-hydrogen) atoms. The molecule has 3 rings (SSSR count). The molecule has 1 unspecified atom stereocenters. The number of nitrogens with zero attached hydrogens (tertiary/aromatic N) is 1. The maximum atomic E-state index is 11.3. The second-order valence-corrected chi connectivity index (χ2v) is 7.26. The number of carboxylic acids is 1. The SMILES string of the molecule is COc1ccccc1C(c1ccc(Br)cc1)N1CCC(C(=O)O)CC1. The molecule has 0 saturated carbocycles. The van der Waals surface area contributed by atoms with Crippen LogP contribution in [-0.4, -0.2) is 36.2 Å². The van der Waals surface area contributed by atoms with Crippen molar-refractivity contribution in [3.05, 3.63) is 64.1 Å². The predicted octanol–water partition coefficient (Wildman–Crippen LogP) is 4.34. The number of halogens is 1. The normalized spacial score (nSPS) is 17.2. The number of carbonyl (C=O) groups is 1. The van der Waals surface area contributed by atoms with Gasteiger partial charge in [0.15, 0.2) is 0 Å². The Morgan fingerprint density at radius 3 is 2.40 bits per heavy atom. The van der Waals surface area contributed by atoms with Crippen molar-refractivity contribution in [3.8, 4) is 5.75 Å². The highest BCUT2D eigenvalue weighted by Gasteiger charge is 2.31. The van der Waals surface area contributed by atoms with E-state index < -0.39 is 5.97 Å². The summed E-state index contributed by atoms with van der Waals surface area (Å²) >= 11 is 3.50. The summed E-state index contributed by atoms with van der Waals surface area (Å²) in [5.41, 5.74) is 2.29. The zero-order chi connectivity index (χ0) is 17.8. The summed E-state index contributed by atoms with van der Waals surface area (Å²) in [6, 6.07) is 16.4. The van der Waals surface area contributed by atoms with Crippen molar-refractivity contribution in [3.63, 3.8) is 0 Å². The number of likely N-dealkylation sites (tertiary alicyclic amines) is 1. The van der Waals surface area contributed by atoms with Gasteiger partial charge in [0.05, 0.1) is 19.1 Å². The van der Waals surface area contributed by atoms with E-state index in [-0.39, 0.29) is 12.0 Å².